The van der Waals surface area contributed by atoms with Crippen LogP contribution in [0.5, 0.6) is 11.5 Å². The number of ether oxygens (including phenoxy) is 4. The van der Waals surface area contributed by atoms with Gasteiger partial charge in [-0.3, -0.25) is 14.3 Å². The molecule has 2 heterocycles. The Morgan fingerprint density at radius 1 is 0.939 bits per heavy atom. The Morgan fingerprint density at radius 3 is 2.08 bits per heavy atom. The minimum atomic E-state index is -3.70. The molecule has 1 aliphatic heterocycles. The van der Waals surface area contributed by atoms with Gasteiger partial charge in [0.1, 0.15) is 29.4 Å². The van der Waals surface area contributed by atoms with Crippen LogP contribution < -0.4 is 20.7 Å². The van der Waals surface area contributed by atoms with Crippen molar-refractivity contribution in [2.45, 2.75) is 62.6 Å². The van der Waals surface area contributed by atoms with Crippen LogP contribution in [-0.2, 0) is 30.7 Å². The second-order valence-electron chi connectivity index (χ2n) is 12.9. The number of methoxy groups -OCH3 is 2. The smallest absolute Gasteiger partial charge is 0.330 e. The summed E-state index contributed by atoms with van der Waals surface area (Å²) in [5, 5.41) is 21.4. The number of hydrogen-bond acceptors (Lipinski definition) is 10. The summed E-state index contributed by atoms with van der Waals surface area (Å²) in [6, 6.07) is 21.6. The van der Waals surface area contributed by atoms with E-state index in [1.54, 1.807) is 63.6 Å². The predicted molar refractivity (Wildman–Crippen MR) is 183 cm³/mol. The molecule has 12 nitrogen and oxygen atoms in total. The van der Waals surface area contributed by atoms with E-state index in [1.165, 1.54) is 24.6 Å². The highest BCUT2D eigenvalue weighted by atomic mass is 32.2. The minimum absolute atomic E-state index is 0.0754. The first kappa shape index (κ1) is 36.0. The number of aromatic amines is 1. The van der Waals surface area contributed by atoms with Crippen molar-refractivity contribution in [2.75, 3.05) is 26.6 Å². The van der Waals surface area contributed by atoms with Crippen LogP contribution in [0, 0.1) is 6.92 Å². The van der Waals surface area contributed by atoms with Crippen LogP contribution in [-0.4, -0.2) is 72.6 Å². The molecule has 5 rings (SSSR count). The summed E-state index contributed by atoms with van der Waals surface area (Å²) < 4.78 is 51.4. The van der Waals surface area contributed by atoms with Gasteiger partial charge in [-0.15, -0.1) is 0 Å². The summed E-state index contributed by atoms with van der Waals surface area (Å²) in [5.41, 5.74) is -1.19. The normalized spacial score (nSPS) is 18.4. The number of aromatic nitrogens is 2. The van der Waals surface area contributed by atoms with Crippen molar-refractivity contribution >= 4 is 9.84 Å². The third kappa shape index (κ3) is 8.14. The van der Waals surface area contributed by atoms with E-state index in [9.17, 15) is 28.2 Å². The maximum atomic E-state index is 13.1. The van der Waals surface area contributed by atoms with Crippen LogP contribution in [0.4, 0.5) is 0 Å². The van der Waals surface area contributed by atoms with E-state index in [1.807, 2.05) is 30.3 Å². The Hall–Kier alpha value is -4.27. The zero-order valence-electron chi connectivity index (χ0n) is 28.1. The van der Waals surface area contributed by atoms with Gasteiger partial charge < -0.3 is 29.2 Å². The predicted octanol–water partition coefficient (Wildman–Crippen LogP) is 3.21. The van der Waals surface area contributed by atoms with E-state index in [0.29, 0.717) is 39.3 Å². The Labute approximate surface area is 284 Å². The molecule has 0 amide bonds. The molecule has 0 radical (unpaired) electrons. The van der Waals surface area contributed by atoms with Gasteiger partial charge in [-0.05, 0) is 67.3 Å². The molecule has 0 spiro atoms. The average molecular weight is 695 g/mol. The summed E-state index contributed by atoms with van der Waals surface area (Å²) in [6.45, 7) is 4.33. The number of sulfone groups is 1. The lowest BCUT2D eigenvalue weighted by Gasteiger charge is -2.37. The number of nitrogens with zero attached hydrogens (tertiary/aromatic N) is 1. The van der Waals surface area contributed by atoms with Gasteiger partial charge in [0.25, 0.3) is 5.56 Å². The molecule has 3 aromatic carbocycles. The second-order valence-corrected chi connectivity index (χ2v) is 15.0. The van der Waals surface area contributed by atoms with Gasteiger partial charge >= 0.3 is 5.69 Å². The quantitative estimate of drug-likeness (QED) is 0.177. The Balaban J connectivity index is 1.60. The molecular formula is C36H42N2O10S. The third-order valence-electron chi connectivity index (χ3n) is 8.41. The highest BCUT2D eigenvalue weighted by molar-refractivity contribution is 7.90. The molecule has 1 aliphatic rings. The fourth-order valence-electron chi connectivity index (χ4n) is 6.17. The number of rotatable bonds is 13. The summed E-state index contributed by atoms with van der Waals surface area (Å²) in [7, 11) is -0.584. The number of H-pyrrole nitrogens is 1. The van der Waals surface area contributed by atoms with Crippen molar-refractivity contribution in [2.24, 2.45) is 0 Å². The summed E-state index contributed by atoms with van der Waals surface area (Å²) in [4.78, 5) is 26.8. The van der Waals surface area contributed by atoms with E-state index >= 15 is 0 Å². The van der Waals surface area contributed by atoms with Gasteiger partial charge in [-0.25, -0.2) is 13.2 Å². The average Bonchev–Trinajstić information content (AvgIpc) is 3.42. The summed E-state index contributed by atoms with van der Waals surface area (Å²) in [6.07, 6.45) is -1.28. The van der Waals surface area contributed by atoms with E-state index in [-0.39, 0.29) is 18.8 Å². The van der Waals surface area contributed by atoms with Gasteiger partial charge in [-0.1, -0.05) is 48.5 Å². The molecule has 0 bridgehead atoms. The number of aliphatic hydroxyl groups is 2. The molecule has 3 atom stereocenters. The van der Waals surface area contributed by atoms with Crippen LogP contribution in [0.2, 0.25) is 0 Å². The molecule has 262 valence electrons. The fourth-order valence-corrected chi connectivity index (χ4v) is 8.03. The van der Waals surface area contributed by atoms with Gasteiger partial charge in [-0.2, -0.15) is 0 Å². The van der Waals surface area contributed by atoms with Crippen LogP contribution in [0.25, 0.3) is 0 Å². The maximum absolute atomic E-state index is 13.1. The van der Waals surface area contributed by atoms with Crippen molar-refractivity contribution in [1.29, 1.82) is 0 Å². The van der Waals surface area contributed by atoms with E-state index in [2.05, 4.69) is 4.98 Å². The molecular weight excluding hydrogens is 652 g/mol. The SMILES string of the molecule is COc1ccc(C(OC[C@H]2O[C@@H](n3cc(C)c(=O)[nH]c3=O)C[C@@H]2O)(c2ccc(OC)cc2)c2cccc(CS(=O)(=O)CC(C)(C)O)c2)cc1. The number of aryl methyl sites for hydroxylation is 1. The fraction of sp³-hybridized carbons (Fsp3) is 0.389. The number of aliphatic hydroxyl groups excluding tert-OH is 1. The molecule has 13 heteroatoms. The highest BCUT2D eigenvalue weighted by Gasteiger charge is 2.42. The molecule has 0 aliphatic carbocycles. The number of benzene rings is 3. The largest absolute Gasteiger partial charge is 0.497 e. The Morgan fingerprint density at radius 2 is 1.53 bits per heavy atom. The molecule has 4 aromatic rings. The van der Waals surface area contributed by atoms with E-state index < -0.39 is 56.5 Å². The van der Waals surface area contributed by atoms with Crippen molar-refractivity contribution in [3.63, 3.8) is 0 Å². The van der Waals surface area contributed by atoms with E-state index in [0.717, 1.165) is 0 Å². The molecule has 1 aromatic heterocycles. The van der Waals surface area contributed by atoms with Crippen molar-refractivity contribution in [1.82, 2.24) is 9.55 Å². The second kappa shape index (κ2) is 14.3. The zero-order valence-corrected chi connectivity index (χ0v) is 28.9. The van der Waals surface area contributed by atoms with Crippen LogP contribution in [0.3, 0.4) is 0 Å². The number of hydrogen-bond donors (Lipinski definition) is 3. The lowest BCUT2D eigenvalue weighted by molar-refractivity contribution is -0.0944. The van der Waals surface area contributed by atoms with Crippen molar-refractivity contribution in [3.8, 4) is 11.5 Å². The van der Waals surface area contributed by atoms with Crippen molar-refractivity contribution < 1.29 is 37.6 Å². The number of nitrogens with one attached hydrogen (secondary N) is 1. The molecule has 1 fully saturated rings. The molecule has 3 N–H and O–H groups in total. The van der Waals surface area contributed by atoms with Crippen molar-refractivity contribution in [3.05, 3.63) is 128 Å². The summed E-state index contributed by atoms with van der Waals surface area (Å²) in [5.74, 6) is 0.487. The topological polar surface area (TPSA) is 166 Å². The molecule has 1 saturated heterocycles. The van der Waals surface area contributed by atoms with Crippen LogP contribution in [0.1, 0.15) is 54.3 Å². The molecule has 49 heavy (non-hydrogen) atoms. The van der Waals surface area contributed by atoms with Crippen LogP contribution >= 0.6 is 0 Å². The Kier molecular flexibility index (Phi) is 10.5. The van der Waals surface area contributed by atoms with Gasteiger partial charge in [0.05, 0.1) is 44.0 Å². The lowest BCUT2D eigenvalue weighted by atomic mass is 9.79. The summed E-state index contributed by atoms with van der Waals surface area (Å²) >= 11 is 0. The van der Waals surface area contributed by atoms with Gasteiger partial charge in [0, 0.05) is 18.2 Å². The maximum Gasteiger partial charge on any atom is 0.330 e. The van der Waals surface area contributed by atoms with E-state index in [4.69, 9.17) is 18.9 Å². The zero-order chi connectivity index (χ0) is 35.6. The van der Waals surface area contributed by atoms with Gasteiger partial charge in [0.15, 0.2) is 9.84 Å². The highest BCUT2D eigenvalue weighted by Crippen LogP contribution is 2.43. The third-order valence-corrected chi connectivity index (χ3v) is 10.3. The first-order valence-corrected chi connectivity index (χ1v) is 17.6. The molecule has 0 saturated carbocycles. The Bertz CT molecular complexity index is 1930. The lowest BCUT2D eigenvalue weighted by Crippen LogP contribution is -2.38. The standard InChI is InChI=1S/C36H42N2O10S/c1-23-19-38(34(41)37-33(23)40)32-18-30(39)31(48-32)20-47-36(25-9-13-28(45-4)14-10-25,26-11-15-29(46-5)16-12-26)27-8-6-7-24(17-27)21-49(43,44)22-35(2,3)42/h6-17,19,30-32,39,42H,18,20-22H2,1-5H3,(H,37,40,41)/t30-,31+,32+/m0/s1. The van der Waals surface area contributed by atoms with Gasteiger partial charge in [0.2, 0.25) is 0 Å². The molecule has 0 unspecified atom stereocenters. The minimum Gasteiger partial charge on any atom is -0.497 e. The van der Waals surface area contributed by atoms with Crippen LogP contribution in [0.15, 0.2) is 88.6 Å². The first-order chi connectivity index (χ1) is 23.1. The monoisotopic (exact) mass is 694 g/mol. The first-order valence-electron chi connectivity index (χ1n) is 15.7.